The second-order valence-corrected chi connectivity index (χ2v) is 6.45. The lowest BCUT2D eigenvalue weighted by Crippen LogP contribution is -2.35. The number of aromatic nitrogens is 1. The lowest BCUT2D eigenvalue weighted by Gasteiger charge is -2.24. The van der Waals surface area contributed by atoms with Crippen molar-refractivity contribution in [2.45, 2.75) is 6.04 Å². The van der Waals surface area contributed by atoms with Gasteiger partial charge < -0.3 is 19.7 Å². The van der Waals surface area contributed by atoms with Gasteiger partial charge in [0.2, 0.25) is 0 Å². The summed E-state index contributed by atoms with van der Waals surface area (Å²) in [5.41, 5.74) is 1.71. The highest BCUT2D eigenvalue weighted by atomic mass is 35.5. The van der Waals surface area contributed by atoms with Crippen molar-refractivity contribution in [3.8, 4) is 5.69 Å². The fraction of sp³-hybridized carbons (Fsp3) is 0.211. The van der Waals surface area contributed by atoms with Crippen LogP contribution in [0.15, 0.2) is 42.5 Å². The molecule has 0 spiro atoms. The standard InChI is InChI=1S/C19H16ClFN2O3/c20-17-12(21)6-7-14-16(17)15(13-10-26-9-8-22-13)18(19(24)25)23(14)11-4-2-1-3-5-11/h1-7,13,22H,8-10H2,(H,24,25). The molecule has 0 radical (unpaired) electrons. The van der Waals surface area contributed by atoms with Gasteiger partial charge in [-0.1, -0.05) is 29.8 Å². The first kappa shape index (κ1) is 17.0. The fourth-order valence-corrected chi connectivity index (χ4v) is 3.75. The van der Waals surface area contributed by atoms with Crippen LogP contribution in [0.2, 0.25) is 5.02 Å². The minimum Gasteiger partial charge on any atom is -0.477 e. The van der Waals surface area contributed by atoms with Gasteiger partial charge >= 0.3 is 5.97 Å². The van der Waals surface area contributed by atoms with E-state index in [1.54, 1.807) is 22.8 Å². The predicted octanol–water partition coefficient (Wildman–Crippen LogP) is 3.78. The largest absolute Gasteiger partial charge is 0.477 e. The highest BCUT2D eigenvalue weighted by Gasteiger charge is 2.31. The second-order valence-electron chi connectivity index (χ2n) is 6.08. The SMILES string of the molecule is O=C(O)c1c(C2COCCN2)c2c(Cl)c(F)ccc2n1-c1ccccc1. The molecule has 0 aliphatic carbocycles. The minimum absolute atomic E-state index is 0.0571. The molecular formula is C19H16ClFN2O3. The Morgan fingerprint density at radius 2 is 2.04 bits per heavy atom. The average Bonchev–Trinajstić information content (AvgIpc) is 3.02. The first-order chi connectivity index (χ1) is 12.6. The van der Waals surface area contributed by atoms with Crippen LogP contribution in [-0.2, 0) is 4.74 Å². The summed E-state index contributed by atoms with van der Waals surface area (Å²) in [5.74, 6) is -1.69. The normalized spacial score (nSPS) is 17.5. The number of fused-ring (bicyclic) bond motifs is 1. The quantitative estimate of drug-likeness (QED) is 0.732. The van der Waals surface area contributed by atoms with Gasteiger partial charge in [0, 0.05) is 23.2 Å². The molecule has 2 N–H and O–H groups in total. The average molecular weight is 375 g/mol. The Hall–Kier alpha value is -2.41. The van der Waals surface area contributed by atoms with E-state index in [1.165, 1.54) is 6.07 Å². The van der Waals surface area contributed by atoms with Crippen molar-refractivity contribution in [2.75, 3.05) is 19.8 Å². The van der Waals surface area contributed by atoms with E-state index >= 15 is 0 Å². The van der Waals surface area contributed by atoms with Crippen molar-refractivity contribution in [1.82, 2.24) is 9.88 Å². The number of ether oxygens (including phenoxy) is 1. The zero-order chi connectivity index (χ0) is 18.3. The minimum atomic E-state index is -1.11. The molecular weight excluding hydrogens is 359 g/mol. The molecule has 2 heterocycles. The molecule has 7 heteroatoms. The Morgan fingerprint density at radius 1 is 1.27 bits per heavy atom. The summed E-state index contributed by atoms with van der Waals surface area (Å²) in [7, 11) is 0. The van der Waals surface area contributed by atoms with Crippen LogP contribution >= 0.6 is 11.6 Å². The highest BCUT2D eigenvalue weighted by molar-refractivity contribution is 6.36. The molecule has 1 aliphatic heterocycles. The number of carboxylic acids is 1. The molecule has 0 saturated carbocycles. The third kappa shape index (κ3) is 2.67. The number of aromatic carboxylic acids is 1. The number of morpholine rings is 1. The fourth-order valence-electron chi connectivity index (χ4n) is 3.49. The monoisotopic (exact) mass is 374 g/mol. The smallest absolute Gasteiger partial charge is 0.353 e. The Morgan fingerprint density at radius 3 is 2.69 bits per heavy atom. The maximum Gasteiger partial charge on any atom is 0.353 e. The number of para-hydroxylation sites is 1. The summed E-state index contributed by atoms with van der Waals surface area (Å²) in [6.45, 7) is 1.41. The van der Waals surface area contributed by atoms with Gasteiger partial charge in [-0.25, -0.2) is 9.18 Å². The number of carbonyl (C=O) groups is 1. The van der Waals surface area contributed by atoms with Crippen LogP contribution in [0.4, 0.5) is 4.39 Å². The summed E-state index contributed by atoms with van der Waals surface area (Å²) in [6, 6.07) is 11.5. The molecule has 4 rings (SSSR count). The van der Waals surface area contributed by atoms with Crippen LogP contribution in [0.5, 0.6) is 0 Å². The number of halogens is 2. The molecule has 3 aromatic rings. The number of nitrogens with one attached hydrogen (secondary N) is 1. The van der Waals surface area contributed by atoms with Gasteiger partial charge in [-0.3, -0.25) is 0 Å². The summed E-state index contributed by atoms with van der Waals surface area (Å²) in [6.07, 6.45) is 0. The molecule has 134 valence electrons. The van der Waals surface area contributed by atoms with E-state index in [0.717, 1.165) is 0 Å². The van der Waals surface area contributed by atoms with E-state index in [2.05, 4.69) is 5.32 Å². The second kappa shape index (κ2) is 6.72. The summed E-state index contributed by atoms with van der Waals surface area (Å²) >= 11 is 6.28. The molecule has 26 heavy (non-hydrogen) atoms. The van der Waals surface area contributed by atoms with Crippen molar-refractivity contribution in [2.24, 2.45) is 0 Å². The first-order valence-corrected chi connectivity index (χ1v) is 8.59. The van der Waals surface area contributed by atoms with Gasteiger partial charge in [0.25, 0.3) is 0 Å². The molecule has 1 aliphatic rings. The topological polar surface area (TPSA) is 63.5 Å². The molecule has 1 fully saturated rings. The highest BCUT2D eigenvalue weighted by Crippen LogP contribution is 2.39. The summed E-state index contributed by atoms with van der Waals surface area (Å²) in [4.78, 5) is 12.2. The van der Waals surface area contributed by atoms with Crippen molar-refractivity contribution in [3.05, 3.63) is 64.6 Å². The van der Waals surface area contributed by atoms with E-state index in [9.17, 15) is 14.3 Å². The first-order valence-electron chi connectivity index (χ1n) is 8.21. The summed E-state index contributed by atoms with van der Waals surface area (Å²) in [5, 5.41) is 13.5. The van der Waals surface area contributed by atoms with Gasteiger partial charge in [-0.15, -0.1) is 0 Å². The van der Waals surface area contributed by atoms with Gasteiger partial charge in [0.05, 0.1) is 29.8 Å². The molecule has 1 atom stereocenters. The predicted molar refractivity (Wildman–Crippen MR) is 96.8 cm³/mol. The van der Waals surface area contributed by atoms with E-state index in [4.69, 9.17) is 16.3 Å². The van der Waals surface area contributed by atoms with Crippen LogP contribution < -0.4 is 5.32 Å². The van der Waals surface area contributed by atoms with E-state index in [-0.39, 0.29) is 16.8 Å². The van der Waals surface area contributed by atoms with Crippen molar-refractivity contribution >= 4 is 28.5 Å². The number of nitrogens with zero attached hydrogens (tertiary/aromatic N) is 1. The maximum atomic E-state index is 14.2. The van der Waals surface area contributed by atoms with Crippen LogP contribution in [0.25, 0.3) is 16.6 Å². The van der Waals surface area contributed by atoms with Crippen LogP contribution in [-0.4, -0.2) is 35.4 Å². The lowest BCUT2D eigenvalue weighted by atomic mass is 10.0. The third-order valence-corrected chi connectivity index (χ3v) is 4.92. The number of benzene rings is 2. The molecule has 1 aromatic heterocycles. The Balaban J connectivity index is 2.12. The van der Waals surface area contributed by atoms with Crippen molar-refractivity contribution in [3.63, 3.8) is 0 Å². The van der Waals surface area contributed by atoms with Crippen molar-refractivity contribution < 1.29 is 19.0 Å². The maximum absolute atomic E-state index is 14.2. The van der Waals surface area contributed by atoms with Gasteiger partial charge in [0.15, 0.2) is 0 Å². The molecule has 2 aromatic carbocycles. The zero-order valence-corrected chi connectivity index (χ0v) is 14.5. The van der Waals surface area contributed by atoms with Gasteiger partial charge in [-0.05, 0) is 24.3 Å². The number of rotatable bonds is 3. The lowest BCUT2D eigenvalue weighted by molar-refractivity contribution is 0.0666. The van der Waals surface area contributed by atoms with Crippen molar-refractivity contribution in [1.29, 1.82) is 0 Å². The van der Waals surface area contributed by atoms with E-state index < -0.39 is 11.8 Å². The van der Waals surface area contributed by atoms with E-state index in [1.807, 2.05) is 18.2 Å². The van der Waals surface area contributed by atoms with Crippen LogP contribution in [0.3, 0.4) is 0 Å². The Kier molecular flexibility index (Phi) is 4.40. The molecule has 0 bridgehead atoms. The Bertz CT molecular complexity index is 982. The zero-order valence-electron chi connectivity index (χ0n) is 13.7. The molecule has 1 unspecified atom stereocenters. The number of hydrogen-bond donors (Lipinski definition) is 2. The number of carboxylic acid groups (broad SMARTS) is 1. The Labute approximate surface area is 153 Å². The van der Waals surface area contributed by atoms with E-state index in [0.29, 0.717) is 41.9 Å². The molecule has 0 amide bonds. The summed E-state index contributed by atoms with van der Waals surface area (Å²) < 4.78 is 21.3. The molecule has 5 nitrogen and oxygen atoms in total. The molecule has 1 saturated heterocycles. The number of hydrogen-bond acceptors (Lipinski definition) is 3. The van der Waals surface area contributed by atoms with Gasteiger partial charge in [-0.2, -0.15) is 0 Å². The van der Waals surface area contributed by atoms with Crippen LogP contribution in [0.1, 0.15) is 22.1 Å². The van der Waals surface area contributed by atoms with Crippen LogP contribution in [0, 0.1) is 5.82 Å². The third-order valence-electron chi connectivity index (χ3n) is 4.55. The van der Waals surface area contributed by atoms with Gasteiger partial charge in [0.1, 0.15) is 11.5 Å².